The first-order chi connectivity index (χ1) is 9.01. The monoisotopic (exact) mass is 293 g/mol. The average Bonchev–Trinajstić information content (AvgIpc) is 2.70. The normalized spacial score (nSPS) is 12.3. The van der Waals surface area contributed by atoms with Gasteiger partial charge in [-0.15, -0.1) is 0 Å². The zero-order valence-electron chi connectivity index (χ0n) is 10.8. The lowest BCUT2D eigenvalue weighted by molar-refractivity contribution is -0.118. The van der Waals surface area contributed by atoms with E-state index in [1.54, 1.807) is 0 Å². The van der Waals surface area contributed by atoms with Crippen LogP contribution in [0.1, 0.15) is 18.9 Å². The zero-order valence-corrected chi connectivity index (χ0v) is 12.4. The van der Waals surface area contributed by atoms with Crippen molar-refractivity contribution in [3.8, 4) is 0 Å². The van der Waals surface area contributed by atoms with Crippen molar-refractivity contribution in [3.63, 3.8) is 0 Å². The summed E-state index contributed by atoms with van der Waals surface area (Å²) in [4.78, 5) is 16.6. The third kappa shape index (κ3) is 3.08. The molecule has 0 spiro atoms. The molecule has 4 nitrogen and oxygen atoms in total. The van der Waals surface area contributed by atoms with Crippen molar-refractivity contribution in [2.24, 2.45) is 11.7 Å². The second kappa shape index (κ2) is 5.63. The molecule has 0 aliphatic rings. The number of nitrogens with two attached hydrogens (primary N) is 1. The number of anilines is 1. The third-order valence-electron chi connectivity index (χ3n) is 2.84. The summed E-state index contributed by atoms with van der Waals surface area (Å²) >= 11 is 6.34. The first-order valence-corrected chi connectivity index (χ1v) is 7.21. The van der Waals surface area contributed by atoms with E-state index < -0.39 is 5.92 Å². The molecule has 0 radical (unpaired) electrons. The van der Waals surface area contributed by atoms with Crippen LogP contribution in [0.15, 0.2) is 18.2 Å². The molecule has 2 aromatic rings. The molecule has 0 saturated carbocycles. The fourth-order valence-corrected chi connectivity index (χ4v) is 3.03. The van der Waals surface area contributed by atoms with Crippen molar-refractivity contribution in [2.75, 3.05) is 5.32 Å². The number of carbonyl (C=O) groups excluding carboxylic acids is 1. The number of benzene rings is 1. The molecule has 1 aromatic carbocycles. The number of aromatic nitrogens is 1. The molecule has 2 rings (SSSR count). The van der Waals surface area contributed by atoms with Gasteiger partial charge in [0, 0.05) is 0 Å². The van der Waals surface area contributed by atoms with E-state index in [9.17, 15) is 4.79 Å². The van der Waals surface area contributed by atoms with Crippen LogP contribution in [0, 0.1) is 12.8 Å². The highest BCUT2D eigenvalue weighted by atomic mass is 32.1. The molecule has 0 aliphatic carbocycles. The minimum atomic E-state index is -0.441. The molecule has 0 saturated heterocycles. The van der Waals surface area contributed by atoms with E-state index in [1.165, 1.54) is 16.9 Å². The first kappa shape index (κ1) is 13.9. The second-order valence-electron chi connectivity index (χ2n) is 4.34. The Bertz CT molecular complexity index is 636. The van der Waals surface area contributed by atoms with Gasteiger partial charge in [-0.2, -0.15) is 0 Å². The van der Waals surface area contributed by atoms with Crippen molar-refractivity contribution in [1.82, 2.24) is 4.98 Å². The number of nitrogens with zero attached hydrogens (tertiary/aromatic N) is 1. The third-order valence-corrected chi connectivity index (χ3v) is 4.06. The number of carbonyl (C=O) groups is 1. The van der Waals surface area contributed by atoms with Crippen LogP contribution in [0.4, 0.5) is 5.13 Å². The lowest BCUT2D eigenvalue weighted by atomic mass is 10.1. The number of thiocarbonyl (C=S) groups is 1. The van der Waals surface area contributed by atoms with Crippen LogP contribution in [0.25, 0.3) is 10.2 Å². The molecule has 0 bridgehead atoms. The van der Waals surface area contributed by atoms with Crippen LogP contribution in [0.3, 0.4) is 0 Å². The van der Waals surface area contributed by atoms with E-state index in [2.05, 4.69) is 10.3 Å². The topological polar surface area (TPSA) is 68.0 Å². The zero-order chi connectivity index (χ0) is 14.0. The van der Waals surface area contributed by atoms with Gasteiger partial charge in [-0.3, -0.25) is 4.79 Å². The van der Waals surface area contributed by atoms with E-state index in [0.717, 1.165) is 10.2 Å². The van der Waals surface area contributed by atoms with Gasteiger partial charge in [-0.1, -0.05) is 36.5 Å². The highest BCUT2D eigenvalue weighted by Gasteiger charge is 2.20. The molecular weight excluding hydrogens is 278 g/mol. The molecular formula is C13H15N3OS2. The van der Waals surface area contributed by atoms with E-state index in [0.29, 0.717) is 11.6 Å². The number of amides is 1. The minimum Gasteiger partial charge on any atom is -0.393 e. The maximum Gasteiger partial charge on any atom is 0.236 e. The van der Waals surface area contributed by atoms with E-state index in [-0.39, 0.29) is 10.9 Å². The van der Waals surface area contributed by atoms with E-state index >= 15 is 0 Å². The van der Waals surface area contributed by atoms with E-state index in [1.807, 2.05) is 32.0 Å². The number of hydrogen-bond acceptors (Lipinski definition) is 4. The summed E-state index contributed by atoms with van der Waals surface area (Å²) < 4.78 is 1.05. The Morgan fingerprint density at radius 2 is 2.32 bits per heavy atom. The molecule has 1 aromatic heterocycles. The maximum absolute atomic E-state index is 12.0. The van der Waals surface area contributed by atoms with Gasteiger partial charge in [-0.05, 0) is 31.0 Å². The fraction of sp³-hybridized carbons (Fsp3) is 0.308. The summed E-state index contributed by atoms with van der Waals surface area (Å²) in [5, 5.41) is 3.37. The van der Waals surface area contributed by atoms with Crippen LogP contribution >= 0.6 is 23.6 Å². The highest BCUT2D eigenvalue weighted by molar-refractivity contribution is 7.80. The van der Waals surface area contributed by atoms with Crippen molar-refractivity contribution in [2.45, 2.75) is 20.3 Å². The number of fused-ring (bicyclic) bond motifs is 1. The molecule has 0 aliphatic heterocycles. The van der Waals surface area contributed by atoms with Crippen LogP contribution in [-0.4, -0.2) is 15.9 Å². The second-order valence-corrected chi connectivity index (χ2v) is 5.84. The minimum absolute atomic E-state index is 0.189. The fourth-order valence-electron chi connectivity index (χ4n) is 1.79. The molecule has 1 unspecified atom stereocenters. The van der Waals surface area contributed by atoms with Gasteiger partial charge in [0.1, 0.15) is 0 Å². The quantitative estimate of drug-likeness (QED) is 0.851. The smallest absolute Gasteiger partial charge is 0.236 e. The van der Waals surface area contributed by atoms with Gasteiger partial charge in [0.2, 0.25) is 5.91 Å². The summed E-state index contributed by atoms with van der Waals surface area (Å²) in [6, 6.07) is 5.99. The van der Waals surface area contributed by atoms with Crippen LogP contribution < -0.4 is 11.1 Å². The predicted molar refractivity (Wildman–Crippen MR) is 83.6 cm³/mol. The Kier molecular flexibility index (Phi) is 4.11. The molecule has 6 heteroatoms. The summed E-state index contributed by atoms with van der Waals surface area (Å²) in [7, 11) is 0. The van der Waals surface area contributed by atoms with Gasteiger partial charge in [0.05, 0.1) is 21.1 Å². The standard InChI is InChI=1S/C13H15N3OS2/c1-3-8(11(14)18)12(17)16-13-15-9-5-4-7(2)6-10(9)19-13/h4-6,8H,3H2,1-2H3,(H2,14,18)(H,15,16,17). The number of hydrogen-bond donors (Lipinski definition) is 2. The lowest BCUT2D eigenvalue weighted by Gasteiger charge is -2.11. The van der Waals surface area contributed by atoms with Crippen molar-refractivity contribution in [3.05, 3.63) is 23.8 Å². The number of rotatable bonds is 4. The molecule has 1 heterocycles. The Balaban J connectivity index is 2.21. The predicted octanol–water partition coefficient (Wildman–Crippen LogP) is 2.86. The molecule has 0 fully saturated rings. The summed E-state index contributed by atoms with van der Waals surface area (Å²) in [5.74, 6) is -0.630. The molecule has 3 N–H and O–H groups in total. The SMILES string of the molecule is CCC(C(=O)Nc1nc2ccc(C)cc2s1)C(N)=S. The molecule has 1 atom stereocenters. The van der Waals surface area contributed by atoms with Crippen LogP contribution in [0.5, 0.6) is 0 Å². The van der Waals surface area contributed by atoms with Gasteiger partial charge in [-0.25, -0.2) is 4.98 Å². The van der Waals surface area contributed by atoms with E-state index in [4.69, 9.17) is 18.0 Å². The lowest BCUT2D eigenvalue weighted by Crippen LogP contribution is -2.32. The molecule has 19 heavy (non-hydrogen) atoms. The average molecular weight is 293 g/mol. The maximum atomic E-state index is 12.0. The Labute approximate surface area is 121 Å². The van der Waals surface area contributed by atoms with Crippen molar-refractivity contribution < 1.29 is 4.79 Å². The van der Waals surface area contributed by atoms with Gasteiger partial charge >= 0.3 is 0 Å². The first-order valence-electron chi connectivity index (χ1n) is 5.98. The van der Waals surface area contributed by atoms with Gasteiger partial charge in [0.25, 0.3) is 0 Å². The van der Waals surface area contributed by atoms with Gasteiger partial charge < -0.3 is 11.1 Å². The number of thiazole rings is 1. The van der Waals surface area contributed by atoms with Crippen molar-refractivity contribution >= 4 is 49.8 Å². The van der Waals surface area contributed by atoms with Crippen molar-refractivity contribution in [1.29, 1.82) is 0 Å². The summed E-state index contributed by atoms with van der Waals surface area (Å²) in [5.41, 5.74) is 7.60. The summed E-state index contributed by atoms with van der Waals surface area (Å²) in [6.07, 6.45) is 0.588. The van der Waals surface area contributed by atoms with Crippen LogP contribution in [-0.2, 0) is 4.79 Å². The Morgan fingerprint density at radius 3 is 2.95 bits per heavy atom. The Morgan fingerprint density at radius 1 is 1.58 bits per heavy atom. The number of aryl methyl sites for hydroxylation is 1. The molecule has 100 valence electrons. The van der Waals surface area contributed by atoms with Crippen LogP contribution in [0.2, 0.25) is 0 Å². The Hall–Kier alpha value is -1.53. The highest BCUT2D eigenvalue weighted by Crippen LogP contribution is 2.27. The molecule has 1 amide bonds. The number of nitrogens with one attached hydrogen (secondary N) is 1. The summed E-state index contributed by atoms with van der Waals surface area (Å²) in [6.45, 7) is 3.91. The largest absolute Gasteiger partial charge is 0.393 e. The van der Waals surface area contributed by atoms with Gasteiger partial charge in [0.15, 0.2) is 5.13 Å².